The van der Waals surface area contributed by atoms with E-state index in [1.807, 2.05) is 18.2 Å². The molecule has 31 heavy (non-hydrogen) atoms. The first kappa shape index (κ1) is 22.4. The van der Waals surface area contributed by atoms with Gasteiger partial charge >= 0.3 is 12.1 Å². The zero-order chi connectivity index (χ0) is 22.6. The number of carbonyl (C=O) groups excluding carboxylic acids is 1. The SMILES string of the molecule is CNc1cccc(CCOc2ccc3c(c2)CN(CC(F)(F)F)C(=O)[C@H](C(=O)O)C3)n1. The first-order valence-electron chi connectivity index (χ1n) is 9.63. The van der Waals surface area contributed by atoms with Crippen molar-refractivity contribution in [1.82, 2.24) is 9.88 Å². The number of aliphatic carboxylic acids is 1. The van der Waals surface area contributed by atoms with Gasteiger partial charge in [-0.1, -0.05) is 12.1 Å². The van der Waals surface area contributed by atoms with Crippen molar-refractivity contribution in [3.63, 3.8) is 0 Å². The third-order valence-electron chi connectivity index (χ3n) is 4.93. The highest BCUT2D eigenvalue weighted by Gasteiger charge is 2.40. The van der Waals surface area contributed by atoms with Crippen LogP contribution < -0.4 is 10.1 Å². The number of nitrogens with one attached hydrogen (secondary N) is 1. The minimum Gasteiger partial charge on any atom is -0.493 e. The number of hydrogen-bond acceptors (Lipinski definition) is 5. The smallest absolute Gasteiger partial charge is 0.406 e. The molecule has 1 aromatic heterocycles. The number of ether oxygens (including phenoxy) is 1. The average Bonchev–Trinajstić information content (AvgIpc) is 2.83. The number of nitrogens with zero attached hydrogens (tertiary/aromatic N) is 2. The van der Waals surface area contributed by atoms with E-state index in [1.165, 1.54) is 0 Å². The molecule has 0 fully saturated rings. The number of rotatable bonds is 7. The van der Waals surface area contributed by atoms with Crippen molar-refractivity contribution in [2.24, 2.45) is 5.92 Å². The van der Waals surface area contributed by atoms with E-state index in [-0.39, 0.29) is 13.0 Å². The largest absolute Gasteiger partial charge is 0.493 e. The molecule has 2 heterocycles. The van der Waals surface area contributed by atoms with Gasteiger partial charge in [0.2, 0.25) is 5.91 Å². The Balaban J connectivity index is 1.75. The monoisotopic (exact) mass is 437 g/mol. The third-order valence-corrected chi connectivity index (χ3v) is 4.93. The number of amides is 1. The van der Waals surface area contributed by atoms with E-state index in [0.29, 0.717) is 34.8 Å². The molecule has 0 saturated heterocycles. The van der Waals surface area contributed by atoms with Gasteiger partial charge in [-0.15, -0.1) is 0 Å². The Morgan fingerprint density at radius 3 is 2.74 bits per heavy atom. The lowest BCUT2D eigenvalue weighted by Crippen LogP contribution is -2.43. The van der Waals surface area contributed by atoms with Gasteiger partial charge in [-0.3, -0.25) is 9.59 Å². The van der Waals surface area contributed by atoms with Crippen molar-refractivity contribution in [3.05, 3.63) is 53.2 Å². The molecule has 1 aliphatic heterocycles. The Morgan fingerprint density at radius 2 is 2.06 bits per heavy atom. The Kier molecular flexibility index (Phi) is 6.67. The maximum Gasteiger partial charge on any atom is 0.406 e. The van der Waals surface area contributed by atoms with E-state index in [0.717, 1.165) is 11.5 Å². The number of halogens is 3. The van der Waals surface area contributed by atoms with Crippen LogP contribution in [0.3, 0.4) is 0 Å². The van der Waals surface area contributed by atoms with Crippen molar-refractivity contribution in [2.45, 2.75) is 25.6 Å². The summed E-state index contributed by atoms with van der Waals surface area (Å²) >= 11 is 0. The number of pyridine rings is 1. The lowest BCUT2D eigenvalue weighted by atomic mass is 9.97. The number of hydrogen-bond donors (Lipinski definition) is 2. The standard InChI is InChI=1S/C21H22F3N3O4/c1-25-18-4-2-3-15(26-18)7-8-31-16-6-5-13-10-17(20(29)30)19(28)27(11-14(13)9-16)12-21(22,23)24/h2-6,9,17H,7-8,10-12H2,1H3,(H,25,26)(H,29,30)/t17-/m1/s1. The number of aromatic nitrogens is 1. The van der Waals surface area contributed by atoms with Crippen LogP contribution in [0.25, 0.3) is 0 Å². The van der Waals surface area contributed by atoms with Crippen LogP contribution >= 0.6 is 0 Å². The van der Waals surface area contributed by atoms with E-state index in [1.54, 1.807) is 25.2 Å². The van der Waals surface area contributed by atoms with E-state index in [4.69, 9.17) is 4.74 Å². The normalized spacial score (nSPS) is 16.5. The molecule has 2 aromatic rings. The Hall–Kier alpha value is -3.30. The van der Waals surface area contributed by atoms with Crippen molar-refractivity contribution < 1.29 is 32.6 Å². The molecule has 1 aliphatic rings. The number of alkyl halides is 3. The highest BCUT2D eigenvalue weighted by Crippen LogP contribution is 2.29. The number of benzene rings is 1. The van der Waals surface area contributed by atoms with E-state index < -0.39 is 30.5 Å². The summed E-state index contributed by atoms with van der Waals surface area (Å²) in [6.45, 7) is -1.55. The molecule has 0 spiro atoms. The second kappa shape index (κ2) is 9.23. The summed E-state index contributed by atoms with van der Waals surface area (Å²) in [7, 11) is 1.76. The fraction of sp³-hybridized carbons (Fsp3) is 0.381. The van der Waals surface area contributed by atoms with Gasteiger partial charge in [0, 0.05) is 25.7 Å². The molecule has 1 atom stereocenters. The summed E-state index contributed by atoms with van der Waals surface area (Å²) in [5, 5.41) is 12.3. The van der Waals surface area contributed by atoms with Crippen LogP contribution in [-0.2, 0) is 29.0 Å². The van der Waals surface area contributed by atoms with Crippen LogP contribution in [0, 0.1) is 5.92 Å². The maximum atomic E-state index is 12.9. The highest BCUT2D eigenvalue weighted by molar-refractivity contribution is 5.97. The topological polar surface area (TPSA) is 91.8 Å². The molecule has 10 heteroatoms. The van der Waals surface area contributed by atoms with E-state index in [9.17, 15) is 27.9 Å². The Morgan fingerprint density at radius 1 is 1.29 bits per heavy atom. The van der Waals surface area contributed by atoms with Crippen LogP contribution in [0.2, 0.25) is 0 Å². The first-order chi connectivity index (χ1) is 14.7. The zero-order valence-electron chi connectivity index (χ0n) is 16.8. The molecule has 0 bridgehead atoms. The molecule has 2 N–H and O–H groups in total. The Bertz CT molecular complexity index is 965. The van der Waals surface area contributed by atoms with Gasteiger partial charge in [-0.2, -0.15) is 13.2 Å². The predicted molar refractivity (Wildman–Crippen MR) is 106 cm³/mol. The molecule has 0 aliphatic carbocycles. The van der Waals surface area contributed by atoms with Crippen molar-refractivity contribution in [2.75, 3.05) is 25.5 Å². The molecule has 0 saturated carbocycles. The van der Waals surface area contributed by atoms with E-state index >= 15 is 0 Å². The molecule has 0 radical (unpaired) electrons. The van der Waals surface area contributed by atoms with Gasteiger partial charge < -0.3 is 20.1 Å². The fourth-order valence-corrected chi connectivity index (χ4v) is 3.42. The number of fused-ring (bicyclic) bond motifs is 1. The second-order valence-corrected chi connectivity index (χ2v) is 7.20. The Labute approximate surface area is 176 Å². The molecular formula is C21H22F3N3O4. The molecule has 1 aromatic carbocycles. The molecule has 3 rings (SSSR count). The minimum absolute atomic E-state index is 0.168. The minimum atomic E-state index is -4.63. The van der Waals surface area contributed by atoms with Gasteiger partial charge in [0.1, 0.15) is 24.0 Å². The zero-order valence-corrected chi connectivity index (χ0v) is 16.8. The summed E-state index contributed by atoms with van der Waals surface area (Å²) in [5.41, 5.74) is 1.77. The van der Waals surface area contributed by atoms with Crippen molar-refractivity contribution >= 4 is 17.7 Å². The average molecular weight is 437 g/mol. The summed E-state index contributed by atoms with van der Waals surface area (Å²) < 4.78 is 44.5. The number of anilines is 1. The molecule has 7 nitrogen and oxygen atoms in total. The molecule has 1 amide bonds. The number of carboxylic acids is 1. The van der Waals surface area contributed by atoms with Gasteiger partial charge in [0.15, 0.2) is 0 Å². The lowest BCUT2D eigenvalue weighted by molar-refractivity contribution is -0.168. The quantitative estimate of drug-likeness (QED) is 0.648. The summed E-state index contributed by atoms with van der Waals surface area (Å²) in [6.07, 6.45) is -4.28. The van der Waals surface area contributed by atoms with Crippen molar-refractivity contribution in [3.8, 4) is 5.75 Å². The van der Waals surface area contributed by atoms with Crippen LogP contribution in [-0.4, -0.2) is 53.2 Å². The summed E-state index contributed by atoms with van der Waals surface area (Å²) in [6, 6.07) is 10.3. The maximum absolute atomic E-state index is 12.9. The van der Waals surface area contributed by atoms with Crippen LogP contribution in [0.4, 0.5) is 19.0 Å². The summed E-state index contributed by atoms with van der Waals surface area (Å²) in [4.78, 5) is 28.8. The van der Waals surface area contributed by atoms with Gasteiger partial charge in [0.05, 0.1) is 6.61 Å². The first-order valence-corrected chi connectivity index (χ1v) is 9.63. The highest BCUT2D eigenvalue weighted by atomic mass is 19.4. The van der Waals surface area contributed by atoms with Gasteiger partial charge in [0.25, 0.3) is 0 Å². The van der Waals surface area contributed by atoms with Crippen LogP contribution in [0.1, 0.15) is 16.8 Å². The lowest BCUT2D eigenvalue weighted by Gasteiger charge is -2.24. The molecule has 166 valence electrons. The van der Waals surface area contributed by atoms with Gasteiger partial charge in [-0.25, -0.2) is 4.98 Å². The number of carboxylic acid groups (broad SMARTS) is 1. The van der Waals surface area contributed by atoms with Gasteiger partial charge in [-0.05, 0) is 41.8 Å². The fourth-order valence-electron chi connectivity index (χ4n) is 3.42. The van der Waals surface area contributed by atoms with Crippen LogP contribution in [0.5, 0.6) is 5.75 Å². The second-order valence-electron chi connectivity index (χ2n) is 7.20. The molecule has 0 unspecified atom stereocenters. The van der Waals surface area contributed by atoms with Crippen LogP contribution in [0.15, 0.2) is 36.4 Å². The third kappa shape index (κ3) is 5.87. The van der Waals surface area contributed by atoms with E-state index in [2.05, 4.69) is 10.3 Å². The number of carbonyl (C=O) groups is 2. The van der Waals surface area contributed by atoms with Crippen molar-refractivity contribution in [1.29, 1.82) is 0 Å². The molecular weight excluding hydrogens is 415 g/mol. The summed E-state index contributed by atoms with van der Waals surface area (Å²) in [5.74, 6) is -2.89. The predicted octanol–water partition coefficient (Wildman–Crippen LogP) is 2.89.